The summed E-state index contributed by atoms with van der Waals surface area (Å²) in [5.41, 5.74) is 2.11. The Morgan fingerprint density at radius 3 is 2.88 bits per heavy atom. The topological polar surface area (TPSA) is 57.6 Å². The van der Waals surface area contributed by atoms with E-state index in [1.165, 1.54) is 29.5 Å². The summed E-state index contributed by atoms with van der Waals surface area (Å²) in [5, 5.41) is 12.1. The second-order valence-corrected chi connectivity index (χ2v) is 9.16. The Bertz CT molecular complexity index is 786. The first-order valence-corrected chi connectivity index (χ1v) is 10.0. The SMILES string of the molecule is Cc1ccc2c(c1)[C@]13CCN(CC4CC4)[C@H](C2)[C@]1(O)CC(C=O)C(=O)C3. The van der Waals surface area contributed by atoms with Crippen LogP contribution in [-0.2, 0) is 21.4 Å². The fourth-order valence-corrected chi connectivity index (χ4v) is 6.04. The summed E-state index contributed by atoms with van der Waals surface area (Å²) in [4.78, 5) is 26.7. The summed E-state index contributed by atoms with van der Waals surface area (Å²) >= 11 is 0. The molecule has 0 radical (unpaired) electrons. The summed E-state index contributed by atoms with van der Waals surface area (Å²) in [6, 6.07) is 6.53. The molecule has 0 amide bonds. The first-order valence-electron chi connectivity index (χ1n) is 10.0. The van der Waals surface area contributed by atoms with Crippen LogP contribution in [0.3, 0.4) is 0 Å². The Balaban J connectivity index is 1.66. The monoisotopic (exact) mass is 353 g/mol. The van der Waals surface area contributed by atoms with Crippen molar-refractivity contribution in [1.29, 1.82) is 0 Å². The molecular formula is C22H27NO3. The second kappa shape index (κ2) is 5.49. The van der Waals surface area contributed by atoms with E-state index in [0.717, 1.165) is 38.1 Å². The number of aryl methyl sites for hydroxylation is 1. The zero-order valence-corrected chi connectivity index (χ0v) is 15.4. The van der Waals surface area contributed by atoms with Gasteiger partial charge in [0.2, 0.25) is 0 Å². The fraction of sp³-hybridized carbons (Fsp3) is 0.636. The van der Waals surface area contributed by atoms with Gasteiger partial charge in [-0.15, -0.1) is 0 Å². The van der Waals surface area contributed by atoms with Crippen LogP contribution in [0.2, 0.25) is 0 Å². The van der Waals surface area contributed by atoms with Crippen LogP contribution in [-0.4, -0.2) is 46.8 Å². The first kappa shape index (κ1) is 16.6. The third kappa shape index (κ3) is 2.15. The molecule has 26 heavy (non-hydrogen) atoms. The molecule has 1 aromatic carbocycles. The van der Waals surface area contributed by atoms with E-state index in [4.69, 9.17) is 0 Å². The molecule has 1 aliphatic heterocycles. The van der Waals surface area contributed by atoms with Gasteiger partial charge in [0.25, 0.3) is 0 Å². The number of piperidine rings is 1. The number of carbonyl (C=O) groups is 2. The molecule has 4 heteroatoms. The van der Waals surface area contributed by atoms with Crippen LogP contribution in [0.5, 0.6) is 0 Å². The van der Waals surface area contributed by atoms with Gasteiger partial charge in [0.1, 0.15) is 12.1 Å². The van der Waals surface area contributed by atoms with Crippen molar-refractivity contribution in [2.45, 2.75) is 62.5 Å². The van der Waals surface area contributed by atoms with Crippen LogP contribution >= 0.6 is 0 Å². The van der Waals surface area contributed by atoms with Crippen molar-refractivity contribution >= 4 is 12.1 Å². The number of aldehydes is 1. The quantitative estimate of drug-likeness (QED) is 0.668. The maximum atomic E-state index is 12.7. The molecule has 1 unspecified atom stereocenters. The number of Topliss-reactive ketones (excluding diaryl/α,β-unsaturated/α-hetero) is 1. The molecule has 1 saturated heterocycles. The molecule has 1 aromatic rings. The lowest BCUT2D eigenvalue weighted by atomic mass is 9.48. The zero-order valence-electron chi connectivity index (χ0n) is 15.4. The number of aliphatic hydroxyl groups is 1. The van der Waals surface area contributed by atoms with Crippen molar-refractivity contribution in [2.24, 2.45) is 11.8 Å². The molecule has 0 aromatic heterocycles. The molecule has 1 N–H and O–H groups in total. The normalized spacial score (nSPS) is 39.2. The van der Waals surface area contributed by atoms with Gasteiger partial charge in [0, 0.05) is 24.4 Å². The van der Waals surface area contributed by atoms with Crippen LogP contribution in [0.15, 0.2) is 18.2 Å². The molecule has 4 aliphatic rings. The van der Waals surface area contributed by atoms with E-state index in [2.05, 4.69) is 30.0 Å². The number of ketones is 1. The van der Waals surface area contributed by atoms with Crippen LogP contribution in [0.1, 0.15) is 48.8 Å². The molecule has 1 heterocycles. The number of fused-ring (bicyclic) bond motifs is 1. The third-order valence-corrected chi connectivity index (χ3v) is 7.62. The fourth-order valence-electron chi connectivity index (χ4n) is 6.04. The van der Waals surface area contributed by atoms with Gasteiger partial charge < -0.3 is 9.90 Å². The molecule has 3 fully saturated rings. The molecule has 4 nitrogen and oxygen atoms in total. The smallest absolute Gasteiger partial charge is 0.144 e. The minimum absolute atomic E-state index is 0.00780. The van der Waals surface area contributed by atoms with E-state index in [-0.39, 0.29) is 18.2 Å². The lowest BCUT2D eigenvalue weighted by Crippen LogP contribution is -2.74. The lowest BCUT2D eigenvalue weighted by molar-refractivity contribution is -0.181. The average Bonchev–Trinajstić information content (AvgIpc) is 3.42. The van der Waals surface area contributed by atoms with E-state index in [0.29, 0.717) is 6.42 Å². The van der Waals surface area contributed by atoms with Crippen LogP contribution in [0.25, 0.3) is 0 Å². The number of hydrogen-bond donors (Lipinski definition) is 1. The van der Waals surface area contributed by atoms with Crippen molar-refractivity contribution in [2.75, 3.05) is 13.1 Å². The van der Waals surface area contributed by atoms with Crippen molar-refractivity contribution in [3.05, 3.63) is 34.9 Å². The average molecular weight is 353 g/mol. The van der Waals surface area contributed by atoms with Crippen LogP contribution in [0, 0.1) is 18.8 Å². The minimum atomic E-state index is -0.986. The number of carbonyl (C=O) groups excluding carboxylic acids is 2. The van der Waals surface area contributed by atoms with E-state index < -0.39 is 16.9 Å². The maximum Gasteiger partial charge on any atom is 0.144 e. The van der Waals surface area contributed by atoms with Gasteiger partial charge >= 0.3 is 0 Å². The Morgan fingerprint density at radius 1 is 1.35 bits per heavy atom. The molecular weight excluding hydrogens is 326 g/mol. The Hall–Kier alpha value is -1.52. The number of benzene rings is 1. The summed E-state index contributed by atoms with van der Waals surface area (Å²) in [6.07, 6.45) is 5.56. The summed E-state index contributed by atoms with van der Waals surface area (Å²) in [7, 11) is 0. The van der Waals surface area contributed by atoms with Gasteiger partial charge in [0.15, 0.2) is 0 Å². The first-order chi connectivity index (χ1) is 12.5. The molecule has 5 rings (SSSR count). The van der Waals surface area contributed by atoms with Crippen molar-refractivity contribution < 1.29 is 14.7 Å². The molecule has 138 valence electrons. The van der Waals surface area contributed by atoms with Gasteiger partial charge in [-0.05, 0) is 62.6 Å². The van der Waals surface area contributed by atoms with Gasteiger partial charge in [-0.2, -0.15) is 0 Å². The standard InChI is InChI=1S/C22H27NO3/c1-14-2-5-16-9-20-22(26)10-17(13-24)19(25)11-21(22,18(16)8-14)6-7-23(20)12-15-3-4-15/h2,5,8,13,15,17,20,26H,3-4,6-7,9-12H2,1H3/t17?,20-,21-,22-/m1/s1. The Morgan fingerprint density at radius 2 is 2.15 bits per heavy atom. The molecule has 2 saturated carbocycles. The summed E-state index contributed by atoms with van der Waals surface area (Å²) in [5.74, 6) is 0.119. The van der Waals surface area contributed by atoms with Crippen LogP contribution < -0.4 is 0 Å². The highest BCUT2D eigenvalue weighted by atomic mass is 16.3. The predicted octanol–water partition coefficient (Wildman–Crippen LogP) is 2.18. The van der Waals surface area contributed by atoms with E-state index >= 15 is 0 Å². The highest BCUT2D eigenvalue weighted by molar-refractivity contribution is 5.95. The minimum Gasteiger partial charge on any atom is -0.387 e. The predicted molar refractivity (Wildman–Crippen MR) is 98.0 cm³/mol. The van der Waals surface area contributed by atoms with E-state index in [1.54, 1.807) is 0 Å². The van der Waals surface area contributed by atoms with Gasteiger partial charge in [0.05, 0.1) is 11.5 Å². The Labute approximate surface area is 154 Å². The molecule has 3 aliphatic carbocycles. The van der Waals surface area contributed by atoms with Crippen molar-refractivity contribution in [1.82, 2.24) is 4.90 Å². The van der Waals surface area contributed by atoms with Crippen molar-refractivity contribution in [3.63, 3.8) is 0 Å². The van der Waals surface area contributed by atoms with E-state index in [9.17, 15) is 14.7 Å². The second-order valence-electron chi connectivity index (χ2n) is 9.16. The largest absolute Gasteiger partial charge is 0.387 e. The number of likely N-dealkylation sites (tertiary alicyclic amines) is 1. The van der Waals surface area contributed by atoms with Gasteiger partial charge in [-0.3, -0.25) is 9.69 Å². The third-order valence-electron chi connectivity index (χ3n) is 7.62. The maximum absolute atomic E-state index is 12.7. The number of nitrogens with zero attached hydrogens (tertiary/aromatic N) is 1. The highest BCUT2D eigenvalue weighted by Gasteiger charge is 2.66. The van der Waals surface area contributed by atoms with E-state index in [1.807, 2.05) is 0 Å². The number of rotatable bonds is 3. The highest BCUT2D eigenvalue weighted by Crippen LogP contribution is 2.58. The van der Waals surface area contributed by atoms with Gasteiger partial charge in [-0.25, -0.2) is 0 Å². The van der Waals surface area contributed by atoms with Crippen molar-refractivity contribution in [3.8, 4) is 0 Å². The van der Waals surface area contributed by atoms with Crippen LogP contribution in [0.4, 0.5) is 0 Å². The molecule has 4 atom stereocenters. The summed E-state index contributed by atoms with van der Waals surface area (Å²) in [6.45, 7) is 4.06. The summed E-state index contributed by atoms with van der Waals surface area (Å²) < 4.78 is 0. The zero-order chi connectivity index (χ0) is 18.1. The molecule has 2 bridgehead atoms. The number of hydrogen-bond acceptors (Lipinski definition) is 4. The lowest BCUT2D eigenvalue weighted by Gasteiger charge is -2.64. The van der Waals surface area contributed by atoms with Gasteiger partial charge in [-0.1, -0.05) is 23.8 Å². The Kier molecular flexibility index (Phi) is 3.51. The molecule has 0 spiro atoms.